The largest absolute Gasteiger partial charge is 0.486 e. The third-order valence-corrected chi connectivity index (χ3v) is 5.27. The minimum atomic E-state index is -0.759. The molecule has 3 aromatic carbocycles. The van der Waals surface area contributed by atoms with Gasteiger partial charge in [0.1, 0.15) is 19.3 Å². The van der Waals surface area contributed by atoms with Crippen molar-refractivity contribution in [1.82, 2.24) is 5.32 Å². The zero-order chi connectivity index (χ0) is 22.6. The summed E-state index contributed by atoms with van der Waals surface area (Å²) >= 11 is 0. The van der Waals surface area contributed by atoms with Crippen LogP contribution in [0.5, 0.6) is 23.0 Å². The van der Waals surface area contributed by atoms with Gasteiger partial charge in [-0.1, -0.05) is 24.3 Å². The van der Waals surface area contributed by atoms with Gasteiger partial charge in [-0.25, -0.2) is 0 Å². The standard InChI is InChI=1S/C25H22N2O6/c28-24(26-13-18-14-30-19-5-1-3-7-21(19)32-18)16-9-11-17(12-10-16)27-25(29)23-15-31-20-6-2-4-8-22(20)33-23/h1-12,18,23H,13-15H2,(H,26,28)(H,27,29)/t18-,23-/m0/s1. The number of fused-ring (bicyclic) bond motifs is 2. The van der Waals surface area contributed by atoms with Crippen LogP contribution in [0.1, 0.15) is 10.4 Å². The van der Waals surface area contributed by atoms with E-state index in [1.165, 1.54) is 0 Å². The normalized spacial score (nSPS) is 18.2. The first-order valence-corrected chi connectivity index (χ1v) is 10.6. The van der Waals surface area contributed by atoms with Gasteiger partial charge in [-0.3, -0.25) is 9.59 Å². The van der Waals surface area contributed by atoms with Crippen LogP contribution in [0.4, 0.5) is 5.69 Å². The summed E-state index contributed by atoms with van der Waals surface area (Å²) in [5.41, 5.74) is 1.02. The van der Waals surface area contributed by atoms with Crippen molar-refractivity contribution in [3.05, 3.63) is 78.4 Å². The number of hydrogen-bond donors (Lipinski definition) is 2. The topological polar surface area (TPSA) is 95.1 Å². The van der Waals surface area contributed by atoms with Crippen molar-refractivity contribution in [2.75, 3.05) is 25.1 Å². The minimum Gasteiger partial charge on any atom is -0.486 e. The number of hydrogen-bond acceptors (Lipinski definition) is 6. The van der Waals surface area contributed by atoms with E-state index in [1.54, 1.807) is 36.4 Å². The van der Waals surface area contributed by atoms with E-state index in [-0.39, 0.29) is 24.5 Å². The van der Waals surface area contributed by atoms with Crippen LogP contribution in [-0.2, 0) is 4.79 Å². The molecule has 0 radical (unpaired) electrons. The predicted molar refractivity (Wildman–Crippen MR) is 120 cm³/mol. The van der Waals surface area contributed by atoms with E-state index in [9.17, 15) is 9.59 Å². The first-order valence-electron chi connectivity index (χ1n) is 10.6. The number of ether oxygens (including phenoxy) is 4. The van der Waals surface area contributed by atoms with E-state index in [0.717, 1.165) is 0 Å². The zero-order valence-electron chi connectivity index (χ0n) is 17.7. The van der Waals surface area contributed by atoms with E-state index >= 15 is 0 Å². The molecule has 0 spiro atoms. The molecule has 2 heterocycles. The van der Waals surface area contributed by atoms with Crippen LogP contribution < -0.4 is 29.6 Å². The van der Waals surface area contributed by atoms with Gasteiger partial charge in [-0.05, 0) is 48.5 Å². The SMILES string of the molecule is O=C(NC[C@H]1COc2ccccc2O1)c1ccc(NC(=O)[C@@H]2COc3ccccc3O2)cc1. The number of rotatable bonds is 5. The summed E-state index contributed by atoms with van der Waals surface area (Å²) in [5, 5.41) is 5.64. The monoisotopic (exact) mass is 446 g/mol. The van der Waals surface area contributed by atoms with E-state index in [1.807, 2.05) is 36.4 Å². The van der Waals surface area contributed by atoms with Crippen LogP contribution in [0.3, 0.4) is 0 Å². The van der Waals surface area contributed by atoms with Gasteiger partial charge >= 0.3 is 0 Å². The maximum absolute atomic E-state index is 12.5. The van der Waals surface area contributed by atoms with Crippen molar-refractivity contribution in [3.8, 4) is 23.0 Å². The Kier molecular flexibility index (Phi) is 5.72. The molecule has 0 unspecified atom stereocenters. The van der Waals surface area contributed by atoms with Crippen molar-refractivity contribution in [3.63, 3.8) is 0 Å². The Labute approximate surface area is 190 Å². The first kappa shape index (κ1) is 20.7. The molecule has 8 heteroatoms. The fraction of sp³-hybridized carbons (Fsp3) is 0.200. The fourth-order valence-corrected chi connectivity index (χ4v) is 3.55. The second kappa shape index (κ2) is 9.12. The number of carbonyl (C=O) groups excluding carboxylic acids is 2. The van der Waals surface area contributed by atoms with E-state index in [2.05, 4.69) is 10.6 Å². The lowest BCUT2D eigenvalue weighted by Crippen LogP contribution is -2.40. The van der Waals surface area contributed by atoms with Crippen LogP contribution in [0.2, 0.25) is 0 Å². The Balaban J connectivity index is 1.12. The molecule has 0 bridgehead atoms. The van der Waals surface area contributed by atoms with Crippen molar-refractivity contribution >= 4 is 17.5 Å². The summed E-state index contributed by atoms with van der Waals surface area (Å²) in [7, 11) is 0. The van der Waals surface area contributed by atoms with Crippen molar-refractivity contribution in [1.29, 1.82) is 0 Å². The number of para-hydroxylation sites is 4. The third kappa shape index (κ3) is 4.69. The van der Waals surface area contributed by atoms with Gasteiger partial charge < -0.3 is 29.6 Å². The quantitative estimate of drug-likeness (QED) is 0.626. The van der Waals surface area contributed by atoms with Crippen molar-refractivity contribution in [2.24, 2.45) is 0 Å². The third-order valence-electron chi connectivity index (χ3n) is 5.27. The lowest BCUT2D eigenvalue weighted by Gasteiger charge is -2.26. The molecule has 0 saturated carbocycles. The number of amides is 2. The van der Waals surface area contributed by atoms with Crippen molar-refractivity contribution < 1.29 is 28.5 Å². The summed E-state index contributed by atoms with van der Waals surface area (Å²) in [5.74, 6) is 1.96. The van der Waals surface area contributed by atoms with Gasteiger partial charge in [0.05, 0.1) is 6.54 Å². The molecule has 8 nitrogen and oxygen atoms in total. The second-order valence-electron chi connectivity index (χ2n) is 7.64. The molecule has 0 fully saturated rings. The molecule has 0 aromatic heterocycles. The molecule has 3 aromatic rings. The van der Waals surface area contributed by atoms with Crippen LogP contribution in [0.25, 0.3) is 0 Å². The molecule has 0 saturated heterocycles. The molecule has 2 aliphatic rings. The Morgan fingerprint density at radius 1 is 0.758 bits per heavy atom. The summed E-state index contributed by atoms with van der Waals surface area (Å²) in [6.07, 6.45) is -1.03. The highest BCUT2D eigenvalue weighted by Gasteiger charge is 2.27. The average Bonchev–Trinajstić information content (AvgIpc) is 2.87. The van der Waals surface area contributed by atoms with Gasteiger partial charge in [0.25, 0.3) is 11.8 Å². The van der Waals surface area contributed by atoms with Crippen LogP contribution in [-0.4, -0.2) is 43.8 Å². The van der Waals surface area contributed by atoms with Gasteiger partial charge in [0.2, 0.25) is 6.10 Å². The Morgan fingerprint density at radius 2 is 1.36 bits per heavy atom. The number of anilines is 1. The highest BCUT2D eigenvalue weighted by molar-refractivity contribution is 5.97. The molecule has 168 valence electrons. The molecule has 33 heavy (non-hydrogen) atoms. The Morgan fingerprint density at radius 3 is 2.06 bits per heavy atom. The van der Waals surface area contributed by atoms with E-state index in [0.29, 0.717) is 47.4 Å². The zero-order valence-corrected chi connectivity index (χ0v) is 17.7. The highest BCUT2D eigenvalue weighted by Crippen LogP contribution is 2.32. The molecular weight excluding hydrogens is 424 g/mol. The number of carbonyl (C=O) groups is 2. The summed E-state index contributed by atoms with van der Waals surface area (Å²) < 4.78 is 22.8. The Hall–Kier alpha value is -4.20. The highest BCUT2D eigenvalue weighted by atomic mass is 16.6. The average molecular weight is 446 g/mol. The summed E-state index contributed by atoms with van der Waals surface area (Å²) in [4.78, 5) is 25.0. The predicted octanol–water partition coefficient (Wildman–Crippen LogP) is 3.03. The van der Waals surface area contributed by atoms with Crippen LogP contribution in [0, 0.1) is 0 Å². The Bertz CT molecular complexity index is 1160. The molecular formula is C25H22N2O6. The van der Waals surface area contributed by atoms with E-state index < -0.39 is 6.10 Å². The summed E-state index contributed by atoms with van der Waals surface area (Å²) in [6, 6.07) is 21.3. The molecule has 0 aliphatic carbocycles. The first-order chi connectivity index (χ1) is 16.2. The van der Waals surface area contributed by atoms with Crippen LogP contribution in [0.15, 0.2) is 72.8 Å². The molecule has 2 atom stereocenters. The van der Waals surface area contributed by atoms with Gasteiger partial charge in [-0.2, -0.15) is 0 Å². The van der Waals surface area contributed by atoms with Gasteiger partial charge in [0, 0.05) is 11.3 Å². The number of benzene rings is 3. The molecule has 2 N–H and O–H groups in total. The molecule has 5 rings (SSSR count). The summed E-state index contributed by atoms with van der Waals surface area (Å²) in [6.45, 7) is 0.798. The smallest absolute Gasteiger partial charge is 0.269 e. The van der Waals surface area contributed by atoms with Gasteiger partial charge in [-0.15, -0.1) is 0 Å². The number of nitrogens with one attached hydrogen (secondary N) is 2. The van der Waals surface area contributed by atoms with E-state index in [4.69, 9.17) is 18.9 Å². The lowest BCUT2D eigenvalue weighted by atomic mass is 10.2. The fourth-order valence-electron chi connectivity index (χ4n) is 3.55. The van der Waals surface area contributed by atoms with Crippen molar-refractivity contribution in [2.45, 2.75) is 12.2 Å². The maximum Gasteiger partial charge on any atom is 0.269 e. The molecule has 2 amide bonds. The lowest BCUT2D eigenvalue weighted by molar-refractivity contribution is -0.125. The van der Waals surface area contributed by atoms with Crippen LogP contribution >= 0.6 is 0 Å². The second-order valence-corrected chi connectivity index (χ2v) is 7.64. The van der Waals surface area contributed by atoms with Gasteiger partial charge in [0.15, 0.2) is 23.0 Å². The molecule has 2 aliphatic heterocycles. The maximum atomic E-state index is 12.5. The minimum absolute atomic E-state index is 0.126.